The molecule has 0 unspecified atom stereocenters. The van der Waals surface area contributed by atoms with Crippen molar-refractivity contribution >= 4 is 21.5 Å². The summed E-state index contributed by atoms with van der Waals surface area (Å²) < 4.78 is 39.0. The molecule has 0 aliphatic carbocycles. The molecule has 20 heavy (non-hydrogen) atoms. The van der Waals surface area contributed by atoms with Crippen molar-refractivity contribution in [3.63, 3.8) is 0 Å². The van der Waals surface area contributed by atoms with E-state index >= 15 is 0 Å². The van der Waals surface area contributed by atoms with Gasteiger partial charge < -0.3 is 5.32 Å². The first kappa shape index (κ1) is 14.3. The summed E-state index contributed by atoms with van der Waals surface area (Å²) in [6.45, 7) is 0. The number of rotatable bonds is 4. The van der Waals surface area contributed by atoms with Gasteiger partial charge in [0.2, 0.25) is 0 Å². The SMILES string of the molecule is CNc1ccc(S(=O)(=O)N(C)c2cccc(F)c2)cn1. The first-order valence-corrected chi connectivity index (χ1v) is 7.27. The minimum atomic E-state index is -3.76. The number of sulfonamides is 1. The summed E-state index contributed by atoms with van der Waals surface area (Å²) >= 11 is 0. The number of aromatic nitrogens is 1. The van der Waals surface area contributed by atoms with Crippen LogP contribution in [0.1, 0.15) is 0 Å². The fraction of sp³-hybridized carbons (Fsp3) is 0.154. The Balaban J connectivity index is 2.38. The second kappa shape index (κ2) is 5.46. The molecule has 1 N–H and O–H groups in total. The van der Waals surface area contributed by atoms with Gasteiger partial charge in [-0.15, -0.1) is 0 Å². The van der Waals surface area contributed by atoms with Gasteiger partial charge in [-0.05, 0) is 30.3 Å². The van der Waals surface area contributed by atoms with Crippen molar-refractivity contribution in [2.24, 2.45) is 0 Å². The van der Waals surface area contributed by atoms with E-state index in [0.29, 0.717) is 5.82 Å². The van der Waals surface area contributed by atoms with Gasteiger partial charge in [-0.25, -0.2) is 17.8 Å². The Morgan fingerprint density at radius 2 is 2.00 bits per heavy atom. The lowest BCUT2D eigenvalue weighted by Gasteiger charge is -2.19. The predicted molar refractivity (Wildman–Crippen MR) is 75.8 cm³/mol. The molecule has 2 rings (SSSR count). The molecule has 2 aromatic rings. The van der Waals surface area contributed by atoms with E-state index in [2.05, 4.69) is 10.3 Å². The van der Waals surface area contributed by atoms with Gasteiger partial charge in [-0.2, -0.15) is 0 Å². The molecule has 0 aliphatic rings. The summed E-state index contributed by atoms with van der Waals surface area (Å²) in [5.74, 6) is 0.0746. The van der Waals surface area contributed by atoms with Crippen LogP contribution in [0.4, 0.5) is 15.9 Å². The van der Waals surface area contributed by atoms with Gasteiger partial charge >= 0.3 is 0 Å². The largest absolute Gasteiger partial charge is 0.373 e. The van der Waals surface area contributed by atoms with Crippen LogP contribution in [0, 0.1) is 5.82 Å². The van der Waals surface area contributed by atoms with Crippen molar-refractivity contribution in [1.29, 1.82) is 0 Å². The standard InChI is InChI=1S/C13H14FN3O2S/c1-15-13-7-6-12(9-16-13)20(18,19)17(2)11-5-3-4-10(14)8-11/h3-9H,1-2H3,(H,15,16). The third-order valence-corrected chi connectivity index (χ3v) is 4.59. The van der Waals surface area contributed by atoms with Crippen LogP contribution in [0.3, 0.4) is 0 Å². The van der Waals surface area contributed by atoms with Gasteiger partial charge in [0.05, 0.1) is 5.69 Å². The summed E-state index contributed by atoms with van der Waals surface area (Å²) in [4.78, 5) is 4.01. The van der Waals surface area contributed by atoms with Crippen LogP contribution in [0.5, 0.6) is 0 Å². The van der Waals surface area contributed by atoms with E-state index in [1.807, 2.05) is 0 Å². The Bertz CT molecular complexity index is 702. The highest BCUT2D eigenvalue weighted by Crippen LogP contribution is 2.22. The van der Waals surface area contributed by atoms with Crippen LogP contribution in [0.25, 0.3) is 0 Å². The molecule has 0 atom stereocenters. The number of hydrogen-bond acceptors (Lipinski definition) is 4. The van der Waals surface area contributed by atoms with Gasteiger partial charge in [0.1, 0.15) is 16.5 Å². The molecule has 0 radical (unpaired) electrons. The number of anilines is 2. The summed E-state index contributed by atoms with van der Waals surface area (Å²) in [5.41, 5.74) is 0.252. The maximum absolute atomic E-state index is 13.2. The average Bonchev–Trinajstić information content (AvgIpc) is 2.46. The van der Waals surface area contributed by atoms with Gasteiger partial charge in [-0.3, -0.25) is 4.31 Å². The zero-order valence-corrected chi connectivity index (χ0v) is 11.9. The van der Waals surface area contributed by atoms with E-state index in [1.54, 1.807) is 13.1 Å². The maximum atomic E-state index is 13.2. The number of halogens is 1. The summed E-state index contributed by atoms with van der Waals surface area (Å²) in [6, 6.07) is 8.41. The van der Waals surface area contributed by atoms with Gasteiger partial charge in [0.25, 0.3) is 10.0 Å². The lowest BCUT2D eigenvalue weighted by molar-refractivity contribution is 0.593. The van der Waals surface area contributed by atoms with Crippen LogP contribution in [-0.2, 0) is 10.0 Å². The molecule has 106 valence electrons. The minimum absolute atomic E-state index is 0.0447. The highest BCUT2D eigenvalue weighted by molar-refractivity contribution is 7.92. The zero-order chi connectivity index (χ0) is 14.8. The van der Waals surface area contributed by atoms with Crippen molar-refractivity contribution in [2.45, 2.75) is 4.90 Å². The van der Waals surface area contributed by atoms with E-state index < -0.39 is 15.8 Å². The third kappa shape index (κ3) is 2.72. The van der Waals surface area contributed by atoms with Crippen LogP contribution in [-0.4, -0.2) is 27.5 Å². The van der Waals surface area contributed by atoms with E-state index in [-0.39, 0.29) is 10.6 Å². The first-order valence-electron chi connectivity index (χ1n) is 5.83. The average molecular weight is 295 g/mol. The maximum Gasteiger partial charge on any atom is 0.265 e. The summed E-state index contributed by atoms with van der Waals surface area (Å²) in [5, 5.41) is 2.80. The lowest BCUT2D eigenvalue weighted by atomic mass is 10.3. The van der Waals surface area contributed by atoms with Crippen molar-refractivity contribution < 1.29 is 12.8 Å². The topological polar surface area (TPSA) is 62.3 Å². The molecular weight excluding hydrogens is 281 g/mol. The van der Waals surface area contributed by atoms with Crippen LogP contribution in [0.15, 0.2) is 47.5 Å². The molecule has 0 bridgehead atoms. The van der Waals surface area contributed by atoms with Crippen LogP contribution < -0.4 is 9.62 Å². The van der Waals surface area contributed by atoms with Crippen molar-refractivity contribution in [3.8, 4) is 0 Å². The third-order valence-electron chi connectivity index (χ3n) is 2.82. The Labute approximate surface area is 117 Å². The van der Waals surface area contributed by atoms with Gasteiger partial charge in [-0.1, -0.05) is 6.07 Å². The van der Waals surface area contributed by atoms with Crippen molar-refractivity contribution in [1.82, 2.24) is 4.98 Å². The fourth-order valence-electron chi connectivity index (χ4n) is 1.65. The van der Waals surface area contributed by atoms with E-state index in [4.69, 9.17) is 0 Å². The highest BCUT2D eigenvalue weighted by atomic mass is 32.2. The number of nitrogens with zero attached hydrogens (tertiary/aromatic N) is 2. The molecule has 1 heterocycles. The Morgan fingerprint density at radius 1 is 1.25 bits per heavy atom. The number of pyridine rings is 1. The van der Waals surface area contributed by atoms with E-state index in [9.17, 15) is 12.8 Å². The van der Waals surface area contributed by atoms with Gasteiger partial charge in [0.15, 0.2) is 0 Å². The minimum Gasteiger partial charge on any atom is -0.373 e. The smallest absolute Gasteiger partial charge is 0.265 e. The lowest BCUT2D eigenvalue weighted by Crippen LogP contribution is -2.26. The van der Waals surface area contributed by atoms with Crippen molar-refractivity contribution in [3.05, 3.63) is 48.4 Å². The van der Waals surface area contributed by atoms with E-state index in [1.165, 1.54) is 37.5 Å². The molecule has 1 aromatic heterocycles. The highest BCUT2D eigenvalue weighted by Gasteiger charge is 2.21. The molecule has 0 aliphatic heterocycles. The normalized spacial score (nSPS) is 11.2. The Hall–Kier alpha value is -2.15. The Morgan fingerprint density at radius 3 is 2.55 bits per heavy atom. The molecule has 0 saturated carbocycles. The predicted octanol–water partition coefficient (Wildman–Crippen LogP) is 2.09. The Kier molecular flexibility index (Phi) is 3.89. The molecular formula is C13H14FN3O2S. The second-order valence-electron chi connectivity index (χ2n) is 4.08. The molecule has 0 spiro atoms. The number of hydrogen-bond donors (Lipinski definition) is 1. The number of benzene rings is 1. The first-order chi connectivity index (χ1) is 9.45. The summed E-state index contributed by atoms with van der Waals surface area (Å²) in [7, 11) is -0.696. The quantitative estimate of drug-likeness (QED) is 0.938. The molecule has 0 fully saturated rings. The van der Waals surface area contributed by atoms with E-state index in [0.717, 1.165) is 10.4 Å². The molecule has 1 aromatic carbocycles. The van der Waals surface area contributed by atoms with Crippen LogP contribution in [0.2, 0.25) is 0 Å². The molecule has 7 heteroatoms. The van der Waals surface area contributed by atoms with Gasteiger partial charge in [0, 0.05) is 20.3 Å². The molecule has 5 nitrogen and oxygen atoms in total. The number of nitrogens with one attached hydrogen (secondary N) is 1. The zero-order valence-electron chi connectivity index (χ0n) is 11.0. The summed E-state index contributed by atoms with van der Waals surface area (Å²) in [6.07, 6.45) is 1.26. The van der Waals surface area contributed by atoms with Crippen LogP contribution >= 0.6 is 0 Å². The van der Waals surface area contributed by atoms with Crippen molar-refractivity contribution in [2.75, 3.05) is 23.7 Å². The molecule has 0 saturated heterocycles. The fourth-order valence-corrected chi connectivity index (χ4v) is 2.78. The molecule has 0 amide bonds. The monoisotopic (exact) mass is 295 g/mol. The second-order valence-corrected chi connectivity index (χ2v) is 6.05.